The molecule has 0 spiro atoms. The van der Waals surface area contributed by atoms with E-state index in [9.17, 15) is 13.2 Å². The van der Waals surface area contributed by atoms with E-state index >= 15 is 0 Å². The number of carbonyl (C=O) groups is 1. The molecule has 3 aromatic rings. The second-order valence-corrected chi connectivity index (χ2v) is 9.26. The van der Waals surface area contributed by atoms with Gasteiger partial charge in [-0.1, -0.05) is 37.6 Å². The molecule has 3 rings (SSSR count). The molecule has 0 bridgehead atoms. The molecule has 0 saturated heterocycles. The molecule has 32 heavy (non-hydrogen) atoms. The number of hydrogen-bond acceptors (Lipinski definition) is 4. The Morgan fingerprint density at radius 3 is 2.25 bits per heavy atom. The second-order valence-electron chi connectivity index (χ2n) is 7.58. The van der Waals surface area contributed by atoms with Crippen molar-refractivity contribution >= 4 is 27.3 Å². The number of anilines is 2. The monoisotopic (exact) mass is 452 g/mol. The third-order valence-corrected chi connectivity index (χ3v) is 6.37. The van der Waals surface area contributed by atoms with Crippen molar-refractivity contribution in [2.24, 2.45) is 0 Å². The van der Waals surface area contributed by atoms with Gasteiger partial charge in [-0.3, -0.25) is 9.52 Å². The summed E-state index contributed by atoms with van der Waals surface area (Å²) in [6, 6.07) is 18.6. The maximum Gasteiger partial charge on any atom is 0.261 e. The number of amides is 1. The molecule has 2 N–H and O–H groups in total. The Morgan fingerprint density at radius 1 is 0.938 bits per heavy atom. The highest BCUT2D eigenvalue weighted by Crippen LogP contribution is 2.24. The Morgan fingerprint density at radius 2 is 1.59 bits per heavy atom. The highest BCUT2D eigenvalue weighted by Gasteiger charge is 2.17. The highest BCUT2D eigenvalue weighted by atomic mass is 32.2. The van der Waals surface area contributed by atoms with E-state index in [0.29, 0.717) is 29.3 Å². The summed E-state index contributed by atoms with van der Waals surface area (Å²) in [4.78, 5) is 12.7. The van der Waals surface area contributed by atoms with Gasteiger partial charge in [0.1, 0.15) is 5.75 Å². The van der Waals surface area contributed by atoms with Gasteiger partial charge in [0, 0.05) is 11.3 Å². The largest absolute Gasteiger partial charge is 0.494 e. The number of sulfonamides is 1. The van der Waals surface area contributed by atoms with Crippen LogP contribution in [0, 0.1) is 13.8 Å². The minimum atomic E-state index is -3.75. The van der Waals surface area contributed by atoms with Crippen molar-refractivity contribution in [3.05, 3.63) is 83.4 Å². The first-order chi connectivity index (χ1) is 15.3. The van der Waals surface area contributed by atoms with E-state index in [1.165, 1.54) is 12.1 Å². The van der Waals surface area contributed by atoms with E-state index in [1.54, 1.807) is 30.3 Å². The molecule has 6 nitrogen and oxygen atoms in total. The molecule has 0 heterocycles. The number of ether oxygens (including phenoxy) is 1. The summed E-state index contributed by atoms with van der Waals surface area (Å²) in [6.07, 6.45) is 1.98. The Labute approximate surface area is 189 Å². The van der Waals surface area contributed by atoms with Crippen LogP contribution < -0.4 is 14.8 Å². The van der Waals surface area contributed by atoms with Gasteiger partial charge in [0.15, 0.2) is 0 Å². The van der Waals surface area contributed by atoms with Crippen molar-refractivity contribution < 1.29 is 17.9 Å². The molecule has 0 aromatic heterocycles. The van der Waals surface area contributed by atoms with Gasteiger partial charge in [0.25, 0.3) is 15.9 Å². The molecular formula is C25H28N2O4S. The predicted molar refractivity (Wildman–Crippen MR) is 128 cm³/mol. The van der Waals surface area contributed by atoms with Crippen molar-refractivity contribution in [3.8, 4) is 5.75 Å². The number of hydrogen-bond donors (Lipinski definition) is 2. The lowest BCUT2D eigenvalue weighted by atomic mass is 10.1. The average Bonchev–Trinajstić information content (AvgIpc) is 2.77. The summed E-state index contributed by atoms with van der Waals surface area (Å²) in [7, 11) is -3.75. The van der Waals surface area contributed by atoms with Gasteiger partial charge in [-0.15, -0.1) is 0 Å². The molecule has 7 heteroatoms. The molecule has 1 amide bonds. The van der Waals surface area contributed by atoms with Crippen molar-refractivity contribution in [2.45, 2.75) is 38.5 Å². The molecule has 0 unspecified atom stereocenters. The summed E-state index contributed by atoms with van der Waals surface area (Å²) in [5.74, 6) is 0.348. The van der Waals surface area contributed by atoms with Gasteiger partial charge in [0.05, 0.1) is 17.2 Å². The molecular weight excluding hydrogens is 424 g/mol. The summed E-state index contributed by atoms with van der Waals surface area (Å²) in [6.45, 7) is 6.40. The molecule has 0 radical (unpaired) electrons. The summed E-state index contributed by atoms with van der Waals surface area (Å²) in [5, 5.41) is 2.79. The third-order valence-electron chi connectivity index (χ3n) is 5.00. The van der Waals surface area contributed by atoms with Crippen molar-refractivity contribution in [3.63, 3.8) is 0 Å². The van der Waals surface area contributed by atoms with Crippen molar-refractivity contribution in [1.82, 2.24) is 0 Å². The SMILES string of the molecule is CCCCOc1cccc(C(=O)Nc2ccc(S(=O)(=O)Nc3c(C)cccc3C)cc2)c1. The Kier molecular flexibility index (Phi) is 7.53. The third kappa shape index (κ3) is 5.88. The highest BCUT2D eigenvalue weighted by molar-refractivity contribution is 7.92. The standard InChI is InChI=1S/C25H28N2O4S/c1-4-5-16-31-22-11-7-10-20(17-22)25(28)26-21-12-14-23(15-13-21)32(29,30)27-24-18(2)8-6-9-19(24)3/h6-15,17,27H,4-5,16H2,1-3H3,(H,26,28). The van der Waals surface area contributed by atoms with E-state index in [2.05, 4.69) is 17.0 Å². The number of rotatable bonds is 9. The second kappa shape index (κ2) is 10.3. The summed E-state index contributed by atoms with van der Waals surface area (Å²) < 4.78 is 33.9. The topological polar surface area (TPSA) is 84.5 Å². The van der Waals surface area contributed by atoms with E-state index in [-0.39, 0.29) is 10.8 Å². The zero-order chi connectivity index (χ0) is 23.1. The van der Waals surface area contributed by atoms with Gasteiger partial charge in [0.2, 0.25) is 0 Å². The first-order valence-electron chi connectivity index (χ1n) is 10.5. The molecule has 0 saturated carbocycles. The van der Waals surface area contributed by atoms with Crippen LogP contribution in [0.1, 0.15) is 41.3 Å². The summed E-state index contributed by atoms with van der Waals surface area (Å²) in [5.41, 5.74) is 3.23. The molecule has 0 atom stereocenters. The van der Waals surface area contributed by atoms with Gasteiger partial charge in [-0.2, -0.15) is 0 Å². The lowest BCUT2D eigenvalue weighted by Gasteiger charge is -2.13. The molecule has 0 aliphatic heterocycles. The molecule has 0 aliphatic carbocycles. The minimum absolute atomic E-state index is 0.115. The molecule has 168 valence electrons. The normalized spacial score (nSPS) is 11.1. The average molecular weight is 453 g/mol. The predicted octanol–water partition coefficient (Wildman–Crippen LogP) is 5.54. The van der Waals surface area contributed by atoms with Crippen LogP contribution in [0.4, 0.5) is 11.4 Å². The maximum absolute atomic E-state index is 12.8. The van der Waals surface area contributed by atoms with Crippen molar-refractivity contribution in [1.29, 1.82) is 0 Å². The zero-order valence-electron chi connectivity index (χ0n) is 18.5. The van der Waals surface area contributed by atoms with E-state index < -0.39 is 10.0 Å². The number of benzene rings is 3. The minimum Gasteiger partial charge on any atom is -0.494 e. The zero-order valence-corrected chi connectivity index (χ0v) is 19.3. The smallest absolute Gasteiger partial charge is 0.261 e. The molecule has 0 fully saturated rings. The molecule has 3 aromatic carbocycles. The van der Waals surface area contributed by atoms with Crippen LogP contribution in [0.15, 0.2) is 71.6 Å². The van der Waals surface area contributed by atoms with E-state index in [1.807, 2.05) is 38.1 Å². The lowest BCUT2D eigenvalue weighted by molar-refractivity contribution is 0.102. The summed E-state index contributed by atoms with van der Waals surface area (Å²) >= 11 is 0. The fraction of sp³-hybridized carbons (Fsp3) is 0.240. The fourth-order valence-electron chi connectivity index (χ4n) is 3.15. The maximum atomic E-state index is 12.8. The number of aryl methyl sites for hydroxylation is 2. The number of nitrogens with one attached hydrogen (secondary N) is 2. The Hall–Kier alpha value is -3.32. The van der Waals surface area contributed by atoms with Crippen LogP contribution in [0.25, 0.3) is 0 Å². The Bertz CT molecular complexity index is 1170. The first kappa shape index (κ1) is 23.3. The van der Waals surface area contributed by atoms with Crippen LogP contribution in [-0.4, -0.2) is 20.9 Å². The number of carbonyl (C=O) groups excluding carboxylic acids is 1. The van der Waals surface area contributed by atoms with Crippen LogP contribution >= 0.6 is 0 Å². The van der Waals surface area contributed by atoms with E-state index in [4.69, 9.17) is 4.74 Å². The number of unbranched alkanes of at least 4 members (excludes halogenated alkanes) is 1. The van der Waals surface area contributed by atoms with Gasteiger partial charge >= 0.3 is 0 Å². The van der Waals surface area contributed by atoms with E-state index in [0.717, 1.165) is 24.0 Å². The van der Waals surface area contributed by atoms with Crippen LogP contribution in [0.5, 0.6) is 5.75 Å². The first-order valence-corrected chi connectivity index (χ1v) is 12.0. The van der Waals surface area contributed by atoms with Gasteiger partial charge < -0.3 is 10.1 Å². The van der Waals surface area contributed by atoms with Crippen LogP contribution in [0.2, 0.25) is 0 Å². The van der Waals surface area contributed by atoms with Crippen LogP contribution in [0.3, 0.4) is 0 Å². The fourth-order valence-corrected chi connectivity index (χ4v) is 4.35. The van der Waals surface area contributed by atoms with Gasteiger partial charge in [-0.05, 0) is 73.9 Å². The lowest BCUT2D eigenvalue weighted by Crippen LogP contribution is -2.15. The van der Waals surface area contributed by atoms with Crippen molar-refractivity contribution in [2.75, 3.05) is 16.6 Å². The number of para-hydroxylation sites is 1. The molecule has 0 aliphatic rings. The quantitative estimate of drug-likeness (QED) is 0.418. The van der Waals surface area contributed by atoms with Crippen LogP contribution in [-0.2, 0) is 10.0 Å². The van der Waals surface area contributed by atoms with Gasteiger partial charge in [-0.25, -0.2) is 8.42 Å². The Balaban J connectivity index is 1.69.